The molecule has 0 radical (unpaired) electrons. The van der Waals surface area contributed by atoms with Crippen LogP contribution >= 0.6 is 0 Å². The maximum atomic E-state index is 5.07. The normalized spacial score (nSPS) is 11.7. The lowest BCUT2D eigenvalue weighted by Gasteiger charge is -2.17. The van der Waals surface area contributed by atoms with Crippen molar-refractivity contribution in [1.82, 2.24) is 28.7 Å². The molecular formula is C81H52N6. The van der Waals surface area contributed by atoms with Crippen LogP contribution in [0.1, 0.15) is 0 Å². The molecule has 0 aliphatic rings. The molecule has 0 atom stereocenters. The topological polar surface area (TPSA) is 53.5 Å². The molecule has 0 N–H and O–H groups in total. The van der Waals surface area contributed by atoms with Crippen molar-refractivity contribution in [2.45, 2.75) is 0 Å². The van der Waals surface area contributed by atoms with Crippen LogP contribution < -0.4 is 0 Å². The third-order valence-corrected chi connectivity index (χ3v) is 17.3. The van der Waals surface area contributed by atoms with Gasteiger partial charge in [0.1, 0.15) is 0 Å². The average Bonchev–Trinajstić information content (AvgIpc) is 1.66. The summed E-state index contributed by atoms with van der Waals surface area (Å²) in [6.45, 7) is 0. The first kappa shape index (κ1) is 49.8. The molecule has 0 fully saturated rings. The third kappa shape index (κ3) is 8.53. The summed E-state index contributed by atoms with van der Waals surface area (Å²) in [5.41, 5.74) is 22.0. The van der Waals surface area contributed by atoms with E-state index in [0.717, 1.165) is 78.1 Å². The van der Waals surface area contributed by atoms with Crippen LogP contribution in [0.5, 0.6) is 0 Å². The number of hydrogen-bond acceptors (Lipinski definition) is 3. The Balaban J connectivity index is 0.880. The smallest absolute Gasteiger partial charge is 0.164 e. The number of fused-ring (bicyclic) bond motifs is 9. The molecule has 0 saturated carbocycles. The van der Waals surface area contributed by atoms with Gasteiger partial charge in [-0.15, -0.1) is 0 Å². The molecule has 6 nitrogen and oxygen atoms in total. The van der Waals surface area contributed by atoms with Crippen molar-refractivity contribution in [2.75, 3.05) is 0 Å². The molecule has 0 bridgehead atoms. The van der Waals surface area contributed by atoms with Crippen LogP contribution in [-0.2, 0) is 0 Å². The van der Waals surface area contributed by atoms with E-state index in [-0.39, 0.29) is 0 Å². The molecule has 0 aliphatic carbocycles. The number of hydrogen-bond donors (Lipinski definition) is 0. The molecular weight excluding hydrogens is 1060 g/mol. The predicted octanol–water partition coefficient (Wildman–Crippen LogP) is 20.8. The standard InChI is InChI=1S/C81H52N6/c1-6-20-53(21-7-1)60-40-46-75-70(49-60)71-50-61(54-22-8-2-9-23-54)41-47-76(71)87(75)74-45-39-59(55-34-36-58(37-35-55)81-83-79(56-24-10-3-11-25-56)82-80(84-81)57-26-12-4-13-27-57)48-69(74)62-38-43-67-68-44-42-64(52-78(68)85(77(67)51-62)63-28-14-5-15-29-63)86-72-32-18-16-30-65(72)66-31-17-19-33-73(66)86/h1-52H. The van der Waals surface area contributed by atoms with Crippen LogP contribution in [0.15, 0.2) is 315 Å². The highest BCUT2D eigenvalue weighted by atomic mass is 15.0. The average molecular weight is 1110 g/mol. The highest BCUT2D eigenvalue weighted by molar-refractivity contribution is 6.14. The Hall–Kier alpha value is -11.7. The van der Waals surface area contributed by atoms with Crippen LogP contribution in [0.2, 0.25) is 0 Å². The van der Waals surface area contributed by atoms with Gasteiger partial charge in [0.05, 0.1) is 38.8 Å². The molecule has 0 spiro atoms. The molecule has 13 aromatic carbocycles. The van der Waals surface area contributed by atoms with Gasteiger partial charge in [-0.05, 0) is 118 Å². The lowest BCUT2D eigenvalue weighted by Crippen LogP contribution is -2.00. The van der Waals surface area contributed by atoms with E-state index >= 15 is 0 Å². The van der Waals surface area contributed by atoms with Crippen LogP contribution in [0.3, 0.4) is 0 Å². The molecule has 0 unspecified atom stereocenters. The minimum absolute atomic E-state index is 0.617. The summed E-state index contributed by atoms with van der Waals surface area (Å²) in [7, 11) is 0. The molecule has 87 heavy (non-hydrogen) atoms. The van der Waals surface area contributed by atoms with Gasteiger partial charge in [-0.2, -0.15) is 0 Å². The van der Waals surface area contributed by atoms with Crippen LogP contribution in [-0.4, -0.2) is 28.7 Å². The monoisotopic (exact) mass is 1110 g/mol. The van der Waals surface area contributed by atoms with Crippen molar-refractivity contribution in [3.63, 3.8) is 0 Å². The van der Waals surface area contributed by atoms with Crippen molar-refractivity contribution in [2.24, 2.45) is 0 Å². The fraction of sp³-hybridized carbons (Fsp3) is 0. The first-order chi connectivity index (χ1) is 43.1. The zero-order valence-corrected chi connectivity index (χ0v) is 47.2. The van der Waals surface area contributed by atoms with E-state index in [0.29, 0.717) is 17.5 Å². The fourth-order valence-electron chi connectivity index (χ4n) is 13.2. The molecule has 4 heterocycles. The second-order valence-corrected chi connectivity index (χ2v) is 22.4. The molecule has 0 saturated heterocycles. The molecule has 6 heteroatoms. The SMILES string of the molecule is c1ccc(-c2ccc3c(c2)c2cc(-c4ccccc4)ccc2n3-c2ccc(-c3ccc(-c4nc(-c5ccccc5)nc(-c5ccccc5)n4)cc3)cc2-c2ccc3c4ccc(-n5c6ccccc6c6ccccc65)cc4n(-c4ccccc4)c3c2)cc1. The van der Waals surface area contributed by atoms with Crippen molar-refractivity contribution in [1.29, 1.82) is 0 Å². The van der Waals surface area contributed by atoms with Gasteiger partial charge in [-0.25, -0.2) is 15.0 Å². The summed E-state index contributed by atoms with van der Waals surface area (Å²) in [5.74, 6) is 1.88. The molecule has 17 aromatic rings. The summed E-state index contributed by atoms with van der Waals surface area (Å²) in [6.07, 6.45) is 0. The molecule has 17 rings (SSSR count). The second-order valence-electron chi connectivity index (χ2n) is 22.4. The molecule has 0 aliphatic heterocycles. The second kappa shape index (κ2) is 20.6. The Morgan fingerprint density at radius 2 is 0.540 bits per heavy atom. The summed E-state index contributed by atoms with van der Waals surface area (Å²) in [6, 6.07) is 114. The number of benzene rings is 13. The van der Waals surface area contributed by atoms with Gasteiger partial charge in [0.25, 0.3) is 0 Å². The van der Waals surface area contributed by atoms with Crippen LogP contribution in [0, 0.1) is 0 Å². The van der Waals surface area contributed by atoms with Gasteiger partial charge in [0.15, 0.2) is 17.5 Å². The maximum Gasteiger partial charge on any atom is 0.164 e. The van der Waals surface area contributed by atoms with E-state index in [2.05, 4.69) is 268 Å². The van der Waals surface area contributed by atoms with E-state index in [1.165, 1.54) is 65.6 Å². The lowest BCUT2D eigenvalue weighted by atomic mass is 9.95. The predicted molar refractivity (Wildman–Crippen MR) is 361 cm³/mol. The van der Waals surface area contributed by atoms with E-state index in [9.17, 15) is 0 Å². The van der Waals surface area contributed by atoms with Crippen molar-refractivity contribution in [3.8, 4) is 95.7 Å². The van der Waals surface area contributed by atoms with Crippen molar-refractivity contribution < 1.29 is 0 Å². The number of para-hydroxylation sites is 3. The molecule has 0 amide bonds. The van der Waals surface area contributed by atoms with Crippen LogP contribution in [0.4, 0.5) is 0 Å². The lowest BCUT2D eigenvalue weighted by molar-refractivity contribution is 1.07. The minimum atomic E-state index is 0.617. The molecule has 406 valence electrons. The summed E-state index contributed by atoms with van der Waals surface area (Å²) in [4.78, 5) is 15.1. The number of aromatic nitrogens is 6. The highest BCUT2D eigenvalue weighted by Crippen LogP contribution is 2.44. The minimum Gasteiger partial charge on any atom is -0.309 e. The fourth-order valence-corrected chi connectivity index (χ4v) is 13.2. The van der Waals surface area contributed by atoms with E-state index < -0.39 is 0 Å². The zero-order valence-electron chi connectivity index (χ0n) is 47.2. The van der Waals surface area contributed by atoms with Crippen molar-refractivity contribution >= 4 is 65.4 Å². The Kier molecular flexibility index (Phi) is 11.8. The largest absolute Gasteiger partial charge is 0.309 e. The Labute approximate surface area is 502 Å². The summed E-state index contributed by atoms with van der Waals surface area (Å²) < 4.78 is 7.36. The number of nitrogens with zero attached hydrogens (tertiary/aromatic N) is 6. The number of rotatable bonds is 10. The summed E-state index contributed by atoms with van der Waals surface area (Å²) in [5, 5.41) is 7.24. The first-order valence-electron chi connectivity index (χ1n) is 29.6. The first-order valence-corrected chi connectivity index (χ1v) is 29.6. The Bertz CT molecular complexity index is 5270. The van der Waals surface area contributed by atoms with Gasteiger partial charge >= 0.3 is 0 Å². The van der Waals surface area contributed by atoms with Gasteiger partial charge in [0.2, 0.25) is 0 Å². The summed E-state index contributed by atoms with van der Waals surface area (Å²) >= 11 is 0. The molecule has 4 aromatic heterocycles. The van der Waals surface area contributed by atoms with Crippen LogP contribution in [0.25, 0.3) is 161 Å². The van der Waals surface area contributed by atoms with E-state index in [1.54, 1.807) is 0 Å². The van der Waals surface area contributed by atoms with Gasteiger partial charge in [-0.3, -0.25) is 0 Å². The highest BCUT2D eigenvalue weighted by Gasteiger charge is 2.22. The van der Waals surface area contributed by atoms with E-state index in [1.807, 2.05) is 60.7 Å². The van der Waals surface area contributed by atoms with E-state index in [4.69, 9.17) is 15.0 Å². The van der Waals surface area contributed by atoms with Gasteiger partial charge in [-0.1, -0.05) is 237 Å². The third-order valence-electron chi connectivity index (χ3n) is 17.3. The zero-order chi connectivity index (χ0) is 57.4. The Morgan fingerprint density at radius 1 is 0.184 bits per heavy atom. The van der Waals surface area contributed by atoms with Crippen molar-refractivity contribution in [3.05, 3.63) is 315 Å². The Morgan fingerprint density at radius 3 is 1.08 bits per heavy atom. The van der Waals surface area contributed by atoms with Gasteiger partial charge < -0.3 is 13.7 Å². The maximum absolute atomic E-state index is 5.07. The quantitative estimate of drug-likeness (QED) is 0.137. The van der Waals surface area contributed by atoms with Gasteiger partial charge in [0, 0.05) is 65.9 Å².